The molecule has 0 aliphatic rings. The summed E-state index contributed by atoms with van der Waals surface area (Å²) in [6.45, 7) is 5.58. The molecule has 4 aromatic carbocycles. The van der Waals surface area contributed by atoms with Crippen molar-refractivity contribution in [3.63, 3.8) is 0 Å². The van der Waals surface area contributed by atoms with Crippen molar-refractivity contribution in [2.75, 3.05) is 4.72 Å². The van der Waals surface area contributed by atoms with E-state index in [1.807, 2.05) is 31.2 Å². The first-order chi connectivity index (χ1) is 17.9. The fourth-order valence-electron chi connectivity index (χ4n) is 3.82. The van der Waals surface area contributed by atoms with Gasteiger partial charge in [-0.2, -0.15) is 13.2 Å². The van der Waals surface area contributed by atoms with Crippen LogP contribution in [0.15, 0.2) is 100 Å². The number of rotatable bonds is 7. The summed E-state index contributed by atoms with van der Waals surface area (Å²) in [5.41, 5.74) is 0.467. The average molecular weight is 558 g/mol. The van der Waals surface area contributed by atoms with E-state index in [1.165, 1.54) is 17.8 Å². The van der Waals surface area contributed by atoms with Crippen LogP contribution in [0.25, 0.3) is 16.8 Å². The number of phenols is 2. The summed E-state index contributed by atoms with van der Waals surface area (Å²) in [6, 6.07) is 15.5. The van der Waals surface area contributed by atoms with Crippen LogP contribution in [0, 0.1) is 6.92 Å². The summed E-state index contributed by atoms with van der Waals surface area (Å²) in [6.07, 6.45) is 0.389. The maximum absolute atomic E-state index is 13.3. The molecule has 0 aliphatic heterocycles. The summed E-state index contributed by atoms with van der Waals surface area (Å²) in [5, 5.41) is 21.3. The van der Waals surface area contributed by atoms with Crippen molar-refractivity contribution >= 4 is 44.3 Å². The van der Waals surface area contributed by atoms with E-state index in [2.05, 4.69) is 11.3 Å². The van der Waals surface area contributed by atoms with E-state index in [-0.39, 0.29) is 11.4 Å². The second-order valence-corrected chi connectivity index (χ2v) is 11.0. The zero-order chi connectivity index (χ0) is 27.7. The van der Waals surface area contributed by atoms with Crippen molar-refractivity contribution < 1.29 is 31.8 Å². The van der Waals surface area contributed by atoms with Gasteiger partial charge in [0.05, 0.1) is 21.0 Å². The molecule has 5 nitrogen and oxygen atoms in total. The molecule has 0 amide bonds. The number of allylic oxidation sites excluding steroid dienone is 2. The number of hydrogen-bond acceptors (Lipinski definition) is 5. The Kier molecular flexibility index (Phi) is 7.48. The van der Waals surface area contributed by atoms with Crippen molar-refractivity contribution in [1.29, 1.82) is 0 Å². The number of hydrogen-bond donors (Lipinski definition) is 3. The predicted molar refractivity (Wildman–Crippen MR) is 144 cm³/mol. The minimum absolute atomic E-state index is 0.0658. The normalized spacial score (nSPS) is 12.2. The van der Waals surface area contributed by atoms with Crippen LogP contribution < -0.4 is 4.72 Å². The third-order valence-corrected chi connectivity index (χ3v) is 8.32. The maximum Gasteiger partial charge on any atom is 0.419 e. The van der Waals surface area contributed by atoms with Crippen LogP contribution in [0.2, 0.25) is 0 Å². The lowest BCUT2D eigenvalue weighted by Crippen LogP contribution is -2.15. The minimum atomic E-state index is -4.95. The molecule has 0 saturated heterocycles. The highest BCUT2D eigenvalue weighted by molar-refractivity contribution is 7.99. The van der Waals surface area contributed by atoms with Crippen LogP contribution in [0.5, 0.6) is 11.5 Å². The van der Waals surface area contributed by atoms with Gasteiger partial charge in [0.1, 0.15) is 11.5 Å². The molecule has 0 atom stereocenters. The van der Waals surface area contributed by atoms with Gasteiger partial charge >= 0.3 is 6.18 Å². The number of fused-ring (bicyclic) bond motifs is 1. The number of nitrogens with one attached hydrogen (secondary N) is 1. The molecule has 0 radical (unpaired) electrons. The van der Waals surface area contributed by atoms with Crippen molar-refractivity contribution in [1.82, 2.24) is 0 Å². The highest BCUT2D eigenvalue weighted by Crippen LogP contribution is 2.44. The maximum atomic E-state index is 13.3. The molecule has 0 aliphatic carbocycles. The molecule has 196 valence electrons. The molecule has 0 aromatic heterocycles. The Morgan fingerprint density at radius 3 is 2.34 bits per heavy atom. The molecule has 4 aromatic rings. The molecule has 10 heteroatoms. The fraction of sp³-hybridized carbons (Fsp3) is 0.0714. The summed E-state index contributed by atoms with van der Waals surface area (Å²) in [7, 11) is -4.50. The third-order valence-electron chi connectivity index (χ3n) is 5.77. The molecule has 4 rings (SSSR count). The summed E-state index contributed by atoms with van der Waals surface area (Å²) >= 11 is 1.22. The molecule has 0 heterocycles. The topological polar surface area (TPSA) is 86.6 Å². The minimum Gasteiger partial charge on any atom is -0.507 e. The first-order valence-corrected chi connectivity index (χ1v) is 13.5. The molecule has 0 fully saturated rings. The van der Waals surface area contributed by atoms with Crippen molar-refractivity contribution in [3.05, 3.63) is 102 Å². The number of phenolic OH excluding ortho intramolecular Hbond substituents is 2. The van der Waals surface area contributed by atoms with Crippen LogP contribution in [0.3, 0.4) is 0 Å². The van der Waals surface area contributed by atoms with Crippen LogP contribution in [0.1, 0.15) is 16.7 Å². The van der Waals surface area contributed by atoms with Crippen molar-refractivity contribution in [2.24, 2.45) is 0 Å². The van der Waals surface area contributed by atoms with E-state index in [4.69, 9.17) is 0 Å². The van der Waals surface area contributed by atoms with Gasteiger partial charge in [-0.25, -0.2) is 8.42 Å². The van der Waals surface area contributed by atoms with E-state index in [0.717, 1.165) is 22.1 Å². The highest BCUT2D eigenvalue weighted by atomic mass is 32.2. The van der Waals surface area contributed by atoms with Gasteiger partial charge in [0.15, 0.2) is 0 Å². The average Bonchev–Trinajstić information content (AvgIpc) is 2.86. The Morgan fingerprint density at radius 2 is 1.66 bits per heavy atom. The number of aromatic hydroxyl groups is 2. The monoisotopic (exact) mass is 557 g/mol. The van der Waals surface area contributed by atoms with E-state index in [0.29, 0.717) is 27.8 Å². The molecule has 38 heavy (non-hydrogen) atoms. The standard InChI is InChI=1S/C28H22F3NO4S2/c1-3-4-8-18-9-7-12-25(17(18)2)37-26-16-23(20-10-5-6-11-21(20)27(26)34)32-38(35,36)19-13-14-24(33)22(15-19)28(29,30)31/h3-16,32-34H,1H2,2H3/b8-4-. The second kappa shape index (κ2) is 10.5. The van der Waals surface area contributed by atoms with Crippen LogP contribution in [-0.4, -0.2) is 18.6 Å². The largest absolute Gasteiger partial charge is 0.507 e. The van der Waals surface area contributed by atoms with Gasteiger partial charge in [0, 0.05) is 15.7 Å². The van der Waals surface area contributed by atoms with E-state index < -0.39 is 32.4 Å². The highest BCUT2D eigenvalue weighted by Gasteiger charge is 2.35. The van der Waals surface area contributed by atoms with E-state index in [9.17, 15) is 31.8 Å². The number of alkyl halides is 3. The van der Waals surface area contributed by atoms with Gasteiger partial charge in [-0.15, -0.1) is 0 Å². The molecular weight excluding hydrogens is 535 g/mol. The number of sulfonamides is 1. The van der Waals surface area contributed by atoms with Gasteiger partial charge in [-0.05, 0) is 48.4 Å². The van der Waals surface area contributed by atoms with Gasteiger partial charge in [-0.3, -0.25) is 4.72 Å². The number of anilines is 1. The van der Waals surface area contributed by atoms with Gasteiger partial charge in [0.25, 0.3) is 10.0 Å². The molecule has 3 N–H and O–H groups in total. The Morgan fingerprint density at radius 1 is 0.947 bits per heavy atom. The Bertz CT molecular complexity index is 1680. The molecule has 0 bridgehead atoms. The van der Waals surface area contributed by atoms with Crippen LogP contribution in [-0.2, 0) is 16.2 Å². The zero-order valence-corrected chi connectivity index (χ0v) is 21.6. The quantitative estimate of drug-likeness (QED) is 0.160. The first kappa shape index (κ1) is 27.2. The van der Waals surface area contributed by atoms with E-state index in [1.54, 1.807) is 36.4 Å². The molecule has 0 saturated carbocycles. The molecule has 0 unspecified atom stereocenters. The fourth-order valence-corrected chi connectivity index (χ4v) is 5.96. The van der Waals surface area contributed by atoms with Gasteiger partial charge in [0.2, 0.25) is 0 Å². The lowest BCUT2D eigenvalue weighted by Gasteiger charge is -2.17. The summed E-state index contributed by atoms with van der Waals surface area (Å²) in [5.74, 6) is -1.14. The van der Waals surface area contributed by atoms with Crippen molar-refractivity contribution in [2.45, 2.75) is 27.8 Å². The van der Waals surface area contributed by atoms with Crippen LogP contribution >= 0.6 is 11.8 Å². The molecular formula is C28H22F3NO4S2. The molecule has 0 spiro atoms. The Hall–Kier alpha value is -3.89. The number of halogens is 3. The number of benzene rings is 4. The smallest absolute Gasteiger partial charge is 0.419 e. The van der Waals surface area contributed by atoms with Gasteiger partial charge in [-0.1, -0.05) is 73.0 Å². The summed E-state index contributed by atoms with van der Waals surface area (Å²) < 4.78 is 68.5. The predicted octanol–water partition coefficient (Wildman–Crippen LogP) is 7.73. The van der Waals surface area contributed by atoms with Crippen LogP contribution in [0.4, 0.5) is 18.9 Å². The Balaban J connectivity index is 1.80. The zero-order valence-electron chi connectivity index (χ0n) is 20.0. The lowest BCUT2D eigenvalue weighted by molar-refractivity contribution is -0.138. The van der Waals surface area contributed by atoms with Crippen molar-refractivity contribution in [3.8, 4) is 11.5 Å². The Labute approximate surface area is 222 Å². The third kappa shape index (κ3) is 5.51. The van der Waals surface area contributed by atoms with Gasteiger partial charge < -0.3 is 10.2 Å². The van der Waals surface area contributed by atoms with E-state index >= 15 is 0 Å². The summed E-state index contributed by atoms with van der Waals surface area (Å²) in [4.78, 5) is 0.478. The SMILES string of the molecule is C=C/C=C\c1cccc(Sc2cc(NS(=O)(=O)c3ccc(O)c(C(F)(F)F)c3)c3ccccc3c2O)c1C. The second-order valence-electron chi connectivity index (χ2n) is 8.27. The lowest BCUT2D eigenvalue weighted by atomic mass is 10.1. The first-order valence-electron chi connectivity index (χ1n) is 11.2.